The Morgan fingerprint density at radius 1 is 1.47 bits per heavy atom. The Labute approximate surface area is 114 Å². The maximum absolute atomic E-state index is 12.2. The Hall–Kier alpha value is -0.920. The minimum Gasteiger partial charge on any atom is -0.337 e. The van der Waals surface area contributed by atoms with E-state index in [0.29, 0.717) is 18.9 Å². The van der Waals surface area contributed by atoms with Crippen LogP contribution in [0.4, 0.5) is 0 Å². The molecule has 7 heteroatoms. The Morgan fingerprint density at radius 3 is 2.58 bits per heavy atom. The van der Waals surface area contributed by atoms with E-state index >= 15 is 0 Å². The molecule has 0 amide bonds. The summed E-state index contributed by atoms with van der Waals surface area (Å²) in [7, 11) is -1.76. The van der Waals surface area contributed by atoms with Gasteiger partial charge in [-0.3, -0.25) is 0 Å². The Morgan fingerprint density at radius 2 is 2.11 bits per heavy atom. The summed E-state index contributed by atoms with van der Waals surface area (Å²) in [6.07, 6.45) is 5.77. The zero-order chi connectivity index (χ0) is 14.1. The lowest BCUT2D eigenvalue weighted by Crippen LogP contribution is -2.40. The molecule has 1 heterocycles. The number of rotatable bonds is 5. The standard InChI is InChI=1S/C12H22N4O2S/c1-10-15-11(7-16(10)2)19(17,18)14-9-12(8-13)5-3-4-6-12/h7,14H,3-6,8-9,13H2,1-2H3. The van der Waals surface area contributed by atoms with E-state index in [2.05, 4.69) is 9.71 Å². The van der Waals surface area contributed by atoms with Gasteiger partial charge in [-0.2, -0.15) is 0 Å². The molecule has 0 saturated heterocycles. The third-order valence-corrected chi connectivity index (χ3v) is 5.37. The first kappa shape index (κ1) is 14.5. The zero-order valence-electron chi connectivity index (χ0n) is 11.5. The monoisotopic (exact) mass is 286 g/mol. The second-order valence-corrected chi connectivity index (χ2v) is 7.19. The molecule has 19 heavy (non-hydrogen) atoms. The highest BCUT2D eigenvalue weighted by molar-refractivity contribution is 7.89. The lowest BCUT2D eigenvalue weighted by molar-refractivity contribution is 0.309. The number of aryl methyl sites for hydroxylation is 2. The summed E-state index contributed by atoms with van der Waals surface area (Å²) in [6.45, 7) is 2.70. The third kappa shape index (κ3) is 2.98. The van der Waals surface area contributed by atoms with Crippen LogP contribution in [-0.4, -0.2) is 31.1 Å². The fourth-order valence-electron chi connectivity index (χ4n) is 2.56. The number of nitrogens with zero attached hydrogens (tertiary/aromatic N) is 2. The van der Waals surface area contributed by atoms with Gasteiger partial charge >= 0.3 is 0 Å². The third-order valence-electron chi connectivity index (χ3n) is 4.10. The van der Waals surface area contributed by atoms with Crippen molar-refractivity contribution in [3.8, 4) is 0 Å². The van der Waals surface area contributed by atoms with Crippen molar-refractivity contribution >= 4 is 10.0 Å². The molecular weight excluding hydrogens is 264 g/mol. The number of nitrogens with one attached hydrogen (secondary N) is 1. The molecule has 0 aliphatic heterocycles. The van der Waals surface area contributed by atoms with Crippen LogP contribution in [0.5, 0.6) is 0 Å². The van der Waals surface area contributed by atoms with Gasteiger partial charge in [0, 0.05) is 19.8 Å². The first-order valence-electron chi connectivity index (χ1n) is 6.58. The summed E-state index contributed by atoms with van der Waals surface area (Å²) in [6, 6.07) is 0. The smallest absolute Gasteiger partial charge is 0.259 e. The largest absolute Gasteiger partial charge is 0.337 e. The van der Waals surface area contributed by atoms with Gasteiger partial charge in [-0.1, -0.05) is 12.8 Å². The summed E-state index contributed by atoms with van der Waals surface area (Å²) in [5.74, 6) is 0.676. The van der Waals surface area contributed by atoms with E-state index in [1.807, 2.05) is 0 Å². The van der Waals surface area contributed by atoms with Crippen LogP contribution >= 0.6 is 0 Å². The van der Waals surface area contributed by atoms with E-state index in [1.165, 1.54) is 6.20 Å². The van der Waals surface area contributed by atoms with Crippen LogP contribution in [0.1, 0.15) is 31.5 Å². The summed E-state index contributed by atoms with van der Waals surface area (Å²) < 4.78 is 28.7. The topological polar surface area (TPSA) is 90.0 Å². The molecule has 3 N–H and O–H groups in total. The number of imidazole rings is 1. The first-order valence-corrected chi connectivity index (χ1v) is 8.07. The molecular formula is C12H22N4O2S. The van der Waals surface area contributed by atoms with Gasteiger partial charge in [0.1, 0.15) is 5.82 Å². The summed E-state index contributed by atoms with van der Waals surface area (Å²) in [5, 5.41) is 0.0812. The van der Waals surface area contributed by atoms with E-state index in [1.54, 1.807) is 18.5 Å². The van der Waals surface area contributed by atoms with Gasteiger partial charge in [0.15, 0.2) is 5.03 Å². The summed E-state index contributed by atoms with van der Waals surface area (Å²) in [4.78, 5) is 4.06. The average molecular weight is 286 g/mol. The second kappa shape index (κ2) is 5.22. The van der Waals surface area contributed by atoms with Crippen LogP contribution in [0.2, 0.25) is 0 Å². The summed E-state index contributed by atoms with van der Waals surface area (Å²) >= 11 is 0. The van der Waals surface area contributed by atoms with Crippen molar-refractivity contribution in [3.63, 3.8) is 0 Å². The van der Waals surface area contributed by atoms with Gasteiger partial charge < -0.3 is 10.3 Å². The molecule has 1 aromatic heterocycles. The zero-order valence-corrected chi connectivity index (χ0v) is 12.3. The van der Waals surface area contributed by atoms with Crippen LogP contribution < -0.4 is 10.5 Å². The molecule has 1 saturated carbocycles. The van der Waals surface area contributed by atoms with Gasteiger partial charge in [-0.05, 0) is 31.7 Å². The van der Waals surface area contributed by atoms with Crippen molar-refractivity contribution in [2.45, 2.75) is 37.6 Å². The Balaban J connectivity index is 2.09. The van der Waals surface area contributed by atoms with E-state index < -0.39 is 10.0 Å². The van der Waals surface area contributed by atoms with Crippen LogP contribution in [0.15, 0.2) is 11.2 Å². The molecule has 2 rings (SSSR count). The molecule has 0 bridgehead atoms. The van der Waals surface area contributed by atoms with Gasteiger partial charge in [0.2, 0.25) is 0 Å². The van der Waals surface area contributed by atoms with E-state index in [9.17, 15) is 8.42 Å². The van der Waals surface area contributed by atoms with Crippen LogP contribution in [-0.2, 0) is 17.1 Å². The lowest BCUT2D eigenvalue weighted by atomic mass is 9.87. The van der Waals surface area contributed by atoms with Gasteiger partial charge in [0.05, 0.1) is 0 Å². The van der Waals surface area contributed by atoms with E-state index in [4.69, 9.17) is 5.73 Å². The molecule has 1 aliphatic carbocycles. The number of nitrogens with two attached hydrogens (primary N) is 1. The van der Waals surface area contributed by atoms with Gasteiger partial charge in [0.25, 0.3) is 10.0 Å². The van der Waals surface area contributed by atoms with E-state index in [0.717, 1.165) is 25.7 Å². The summed E-state index contributed by atoms with van der Waals surface area (Å²) in [5.41, 5.74) is 5.74. The fraction of sp³-hybridized carbons (Fsp3) is 0.750. The second-order valence-electron chi connectivity index (χ2n) is 5.47. The van der Waals surface area contributed by atoms with Crippen LogP contribution in [0.3, 0.4) is 0 Å². The fourth-order valence-corrected chi connectivity index (χ4v) is 3.75. The molecule has 0 unspecified atom stereocenters. The van der Waals surface area contributed by atoms with Crippen LogP contribution in [0.25, 0.3) is 0 Å². The molecule has 6 nitrogen and oxygen atoms in total. The minimum atomic E-state index is -3.54. The first-order chi connectivity index (χ1) is 8.88. The van der Waals surface area contributed by atoms with Crippen molar-refractivity contribution in [1.29, 1.82) is 0 Å². The van der Waals surface area contributed by atoms with Crippen molar-refractivity contribution < 1.29 is 8.42 Å². The molecule has 0 radical (unpaired) electrons. The molecule has 1 aliphatic rings. The van der Waals surface area contributed by atoms with Crippen molar-refractivity contribution in [1.82, 2.24) is 14.3 Å². The van der Waals surface area contributed by atoms with Gasteiger partial charge in [-0.15, -0.1) is 0 Å². The number of hydrogen-bond acceptors (Lipinski definition) is 4. The molecule has 0 spiro atoms. The average Bonchev–Trinajstić information content (AvgIpc) is 2.96. The molecule has 1 aromatic rings. The Kier molecular flexibility index (Phi) is 3.98. The van der Waals surface area contributed by atoms with E-state index in [-0.39, 0.29) is 10.4 Å². The molecule has 108 valence electrons. The highest BCUT2D eigenvalue weighted by Gasteiger charge is 2.34. The lowest BCUT2D eigenvalue weighted by Gasteiger charge is -2.26. The highest BCUT2D eigenvalue weighted by Crippen LogP contribution is 2.36. The van der Waals surface area contributed by atoms with Gasteiger partial charge in [-0.25, -0.2) is 18.1 Å². The Bertz CT molecular complexity index is 525. The maximum Gasteiger partial charge on any atom is 0.259 e. The predicted molar refractivity (Wildman–Crippen MR) is 73.1 cm³/mol. The normalized spacial score (nSPS) is 18.9. The minimum absolute atomic E-state index is 0.0725. The predicted octanol–water partition coefficient (Wildman–Crippen LogP) is 0.526. The number of sulfonamides is 1. The molecule has 0 atom stereocenters. The molecule has 1 fully saturated rings. The highest BCUT2D eigenvalue weighted by atomic mass is 32.2. The quantitative estimate of drug-likeness (QED) is 0.826. The SMILES string of the molecule is Cc1nc(S(=O)(=O)NCC2(CN)CCCC2)cn1C. The van der Waals surface area contributed by atoms with Crippen molar-refractivity contribution in [3.05, 3.63) is 12.0 Å². The number of aromatic nitrogens is 2. The van der Waals surface area contributed by atoms with Crippen LogP contribution in [0, 0.1) is 12.3 Å². The maximum atomic E-state index is 12.2. The van der Waals surface area contributed by atoms with Crippen molar-refractivity contribution in [2.75, 3.05) is 13.1 Å². The molecule has 0 aromatic carbocycles. The number of hydrogen-bond donors (Lipinski definition) is 2. The van der Waals surface area contributed by atoms with Crippen molar-refractivity contribution in [2.24, 2.45) is 18.2 Å².